The summed E-state index contributed by atoms with van der Waals surface area (Å²) in [6.07, 6.45) is 9.12. The van der Waals surface area contributed by atoms with Crippen molar-refractivity contribution in [1.29, 1.82) is 0 Å². The van der Waals surface area contributed by atoms with Crippen LogP contribution in [0.1, 0.15) is 51.4 Å². The van der Waals surface area contributed by atoms with Gasteiger partial charge in [0, 0.05) is 26.2 Å². The van der Waals surface area contributed by atoms with Gasteiger partial charge in [-0.1, -0.05) is 12.8 Å². The number of amides is 2. The Morgan fingerprint density at radius 2 is 1.73 bits per heavy atom. The van der Waals surface area contributed by atoms with Crippen molar-refractivity contribution in [2.45, 2.75) is 57.4 Å². The van der Waals surface area contributed by atoms with Crippen LogP contribution in [0.15, 0.2) is 0 Å². The molecule has 0 aliphatic carbocycles. The molecule has 3 aliphatic heterocycles. The van der Waals surface area contributed by atoms with Gasteiger partial charge >= 0.3 is 0 Å². The Morgan fingerprint density at radius 1 is 0.962 bits per heavy atom. The third kappa shape index (κ3) is 6.39. The Balaban J connectivity index is 0.00000243. The van der Waals surface area contributed by atoms with Gasteiger partial charge in [0.05, 0.1) is 12.6 Å². The molecule has 6 nitrogen and oxygen atoms in total. The molecule has 26 heavy (non-hydrogen) atoms. The van der Waals surface area contributed by atoms with Crippen LogP contribution in [0.5, 0.6) is 0 Å². The van der Waals surface area contributed by atoms with E-state index in [0.29, 0.717) is 18.4 Å². The van der Waals surface area contributed by atoms with Crippen molar-refractivity contribution < 1.29 is 9.59 Å². The molecule has 0 radical (unpaired) electrons. The maximum atomic E-state index is 12.6. The molecule has 150 valence electrons. The van der Waals surface area contributed by atoms with E-state index in [1.807, 2.05) is 0 Å². The monoisotopic (exact) mass is 386 g/mol. The summed E-state index contributed by atoms with van der Waals surface area (Å²) < 4.78 is 0. The van der Waals surface area contributed by atoms with Gasteiger partial charge in [-0.2, -0.15) is 0 Å². The van der Waals surface area contributed by atoms with Crippen LogP contribution in [0.4, 0.5) is 0 Å². The average molecular weight is 387 g/mol. The van der Waals surface area contributed by atoms with Crippen LogP contribution in [0, 0.1) is 5.92 Å². The molecule has 7 heteroatoms. The van der Waals surface area contributed by atoms with Crippen LogP contribution in [0.25, 0.3) is 0 Å². The Labute approximate surface area is 163 Å². The smallest absolute Gasteiger partial charge is 0.237 e. The standard InChI is InChI=1S/C19H34N4O2.ClH/c24-18(23-11-3-1-2-4-12-23)15-22-10-6-7-16(14-22)13-21-19(25)17-8-5-9-20-17;/h16-17,20H,1-15H2,(H,21,25);1H. The lowest BCUT2D eigenvalue weighted by atomic mass is 9.97. The summed E-state index contributed by atoms with van der Waals surface area (Å²) in [5.41, 5.74) is 0. The second-order valence-electron chi connectivity index (χ2n) is 7.93. The van der Waals surface area contributed by atoms with E-state index >= 15 is 0 Å². The predicted molar refractivity (Wildman–Crippen MR) is 105 cm³/mol. The molecule has 3 heterocycles. The first-order valence-electron chi connectivity index (χ1n) is 10.2. The first kappa shape index (κ1) is 21.5. The zero-order valence-electron chi connectivity index (χ0n) is 15.9. The fraction of sp³-hybridized carbons (Fsp3) is 0.895. The van der Waals surface area contributed by atoms with Crippen LogP contribution in [0.3, 0.4) is 0 Å². The minimum Gasteiger partial charge on any atom is -0.354 e. The molecule has 0 aromatic heterocycles. The van der Waals surface area contributed by atoms with Gasteiger partial charge in [0.1, 0.15) is 0 Å². The van der Waals surface area contributed by atoms with Gasteiger partial charge in [-0.05, 0) is 57.5 Å². The second-order valence-corrected chi connectivity index (χ2v) is 7.93. The number of halogens is 1. The molecule has 0 spiro atoms. The molecule has 3 aliphatic rings. The van der Waals surface area contributed by atoms with Crippen molar-refractivity contribution in [2.24, 2.45) is 5.92 Å². The highest BCUT2D eigenvalue weighted by molar-refractivity contribution is 5.85. The van der Waals surface area contributed by atoms with Gasteiger partial charge < -0.3 is 15.5 Å². The molecule has 2 N–H and O–H groups in total. The van der Waals surface area contributed by atoms with E-state index in [9.17, 15) is 9.59 Å². The summed E-state index contributed by atoms with van der Waals surface area (Å²) in [7, 11) is 0. The Hall–Kier alpha value is -0.850. The van der Waals surface area contributed by atoms with E-state index in [4.69, 9.17) is 0 Å². The minimum absolute atomic E-state index is 0. The van der Waals surface area contributed by atoms with Crippen LogP contribution >= 0.6 is 12.4 Å². The van der Waals surface area contributed by atoms with Crippen molar-refractivity contribution in [3.8, 4) is 0 Å². The molecule has 3 fully saturated rings. The van der Waals surface area contributed by atoms with E-state index in [2.05, 4.69) is 20.4 Å². The highest BCUT2D eigenvalue weighted by Crippen LogP contribution is 2.17. The number of carbonyl (C=O) groups excluding carboxylic acids is 2. The summed E-state index contributed by atoms with van der Waals surface area (Å²) in [5, 5.41) is 6.36. The van der Waals surface area contributed by atoms with E-state index in [0.717, 1.165) is 77.8 Å². The minimum atomic E-state index is 0. The van der Waals surface area contributed by atoms with E-state index in [-0.39, 0.29) is 24.4 Å². The molecule has 0 bridgehead atoms. The van der Waals surface area contributed by atoms with Gasteiger partial charge in [0.25, 0.3) is 0 Å². The molecule has 0 saturated carbocycles. The molecule has 2 atom stereocenters. The summed E-state index contributed by atoms with van der Waals surface area (Å²) in [6.45, 7) is 6.04. The summed E-state index contributed by atoms with van der Waals surface area (Å²) >= 11 is 0. The molecule has 3 saturated heterocycles. The predicted octanol–water partition coefficient (Wildman–Crippen LogP) is 1.39. The molecule has 2 unspecified atom stereocenters. The van der Waals surface area contributed by atoms with E-state index in [1.165, 1.54) is 12.8 Å². The third-order valence-corrected chi connectivity index (χ3v) is 5.86. The van der Waals surface area contributed by atoms with Crippen molar-refractivity contribution >= 4 is 24.2 Å². The third-order valence-electron chi connectivity index (χ3n) is 5.86. The molecule has 2 amide bonds. The molecular weight excluding hydrogens is 352 g/mol. The molecule has 0 aromatic rings. The van der Waals surface area contributed by atoms with Gasteiger partial charge in [-0.25, -0.2) is 0 Å². The molecular formula is C19H35ClN4O2. The number of nitrogens with zero attached hydrogens (tertiary/aromatic N) is 2. The van der Waals surface area contributed by atoms with Crippen LogP contribution in [0.2, 0.25) is 0 Å². The van der Waals surface area contributed by atoms with Crippen LogP contribution < -0.4 is 10.6 Å². The van der Waals surface area contributed by atoms with Crippen molar-refractivity contribution in [2.75, 3.05) is 45.8 Å². The number of hydrogen-bond acceptors (Lipinski definition) is 4. The Bertz CT molecular complexity index is 449. The van der Waals surface area contributed by atoms with Crippen molar-refractivity contribution in [1.82, 2.24) is 20.4 Å². The largest absolute Gasteiger partial charge is 0.354 e. The lowest BCUT2D eigenvalue weighted by molar-refractivity contribution is -0.133. The SMILES string of the molecule is Cl.O=C(NCC1CCCN(CC(=O)N2CCCCCC2)C1)C1CCCN1. The highest BCUT2D eigenvalue weighted by Gasteiger charge is 2.26. The number of hydrogen-bond donors (Lipinski definition) is 2. The topological polar surface area (TPSA) is 64.7 Å². The highest BCUT2D eigenvalue weighted by atomic mass is 35.5. The van der Waals surface area contributed by atoms with Crippen LogP contribution in [-0.4, -0.2) is 73.5 Å². The Kier molecular flexibility index (Phi) is 9.16. The number of piperidine rings is 1. The fourth-order valence-corrected chi connectivity index (χ4v) is 4.35. The van der Waals surface area contributed by atoms with E-state index < -0.39 is 0 Å². The number of nitrogens with one attached hydrogen (secondary N) is 2. The molecule has 3 rings (SSSR count). The van der Waals surface area contributed by atoms with Gasteiger partial charge in [-0.3, -0.25) is 14.5 Å². The maximum Gasteiger partial charge on any atom is 0.237 e. The lowest BCUT2D eigenvalue weighted by Crippen LogP contribution is -2.48. The summed E-state index contributed by atoms with van der Waals surface area (Å²) in [5.74, 6) is 0.910. The zero-order valence-corrected chi connectivity index (χ0v) is 16.7. The normalized spacial score (nSPS) is 27.5. The quantitative estimate of drug-likeness (QED) is 0.749. The number of carbonyl (C=O) groups is 2. The first-order chi connectivity index (χ1) is 12.2. The molecule has 0 aromatic carbocycles. The maximum absolute atomic E-state index is 12.6. The summed E-state index contributed by atoms with van der Waals surface area (Å²) in [6, 6.07) is 0.00399. The lowest BCUT2D eigenvalue weighted by Gasteiger charge is -2.34. The number of rotatable bonds is 5. The average Bonchev–Trinajstić information content (AvgIpc) is 3.02. The Morgan fingerprint density at radius 3 is 2.42 bits per heavy atom. The van der Waals surface area contributed by atoms with Crippen LogP contribution in [-0.2, 0) is 9.59 Å². The fourth-order valence-electron chi connectivity index (χ4n) is 4.35. The first-order valence-corrected chi connectivity index (χ1v) is 10.2. The summed E-state index contributed by atoms with van der Waals surface area (Å²) in [4.78, 5) is 29.1. The van der Waals surface area contributed by atoms with Crippen molar-refractivity contribution in [3.63, 3.8) is 0 Å². The number of likely N-dealkylation sites (tertiary alicyclic amines) is 2. The van der Waals surface area contributed by atoms with Crippen molar-refractivity contribution in [3.05, 3.63) is 0 Å². The van der Waals surface area contributed by atoms with Gasteiger partial charge in [0.15, 0.2) is 0 Å². The van der Waals surface area contributed by atoms with Gasteiger partial charge in [0.2, 0.25) is 11.8 Å². The zero-order chi connectivity index (χ0) is 17.5. The van der Waals surface area contributed by atoms with E-state index in [1.54, 1.807) is 0 Å². The second kappa shape index (κ2) is 11.1. The van der Waals surface area contributed by atoms with Gasteiger partial charge in [-0.15, -0.1) is 12.4 Å².